The van der Waals surface area contributed by atoms with E-state index in [1.165, 1.54) is 0 Å². The molecular formula is C20H29N3O5S. The third kappa shape index (κ3) is 5.93. The van der Waals surface area contributed by atoms with Gasteiger partial charge in [-0.3, -0.25) is 9.69 Å². The van der Waals surface area contributed by atoms with E-state index in [9.17, 15) is 18.0 Å². The van der Waals surface area contributed by atoms with Crippen molar-refractivity contribution >= 4 is 21.8 Å². The van der Waals surface area contributed by atoms with Crippen LogP contribution >= 0.6 is 0 Å². The molecule has 9 heteroatoms. The smallest absolute Gasteiger partial charge is 0.409 e. The molecule has 0 aliphatic carbocycles. The van der Waals surface area contributed by atoms with E-state index < -0.39 is 9.84 Å². The van der Waals surface area contributed by atoms with Gasteiger partial charge >= 0.3 is 6.09 Å². The minimum Gasteiger partial charge on any atom is -0.450 e. The van der Waals surface area contributed by atoms with Crippen LogP contribution in [0.15, 0.2) is 30.3 Å². The zero-order valence-electron chi connectivity index (χ0n) is 16.8. The maximum atomic E-state index is 13.1. The molecule has 0 spiro atoms. The Kier molecular flexibility index (Phi) is 7.13. The summed E-state index contributed by atoms with van der Waals surface area (Å²) in [6, 6.07) is 9.35. The lowest BCUT2D eigenvalue weighted by atomic mass is 10.1. The molecular weight excluding hydrogens is 394 g/mol. The van der Waals surface area contributed by atoms with Crippen LogP contribution in [0.2, 0.25) is 0 Å². The van der Waals surface area contributed by atoms with E-state index in [2.05, 4.69) is 0 Å². The third-order valence-electron chi connectivity index (χ3n) is 5.42. The van der Waals surface area contributed by atoms with E-state index in [0.29, 0.717) is 45.8 Å². The summed E-state index contributed by atoms with van der Waals surface area (Å²) in [6.07, 6.45) is 0.165. The monoisotopic (exact) mass is 423 g/mol. The summed E-state index contributed by atoms with van der Waals surface area (Å²) in [5, 5.41) is 0. The molecule has 29 heavy (non-hydrogen) atoms. The maximum Gasteiger partial charge on any atom is 0.409 e. The zero-order chi connectivity index (χ0) is 20.9. The number of piperazine rings is 1. The fourth-order valence-electron chi connectivity index (χ4n) is 3.81. The number of hydrogen-bond acceptors (Lipinski definition) is 6. The molecule has 8 nitrogen and oxygen atoms in total. The molecule has 0 saturated carbocycles. The predicted molar refractivity (Wildman–Crippen MR) is 109 cm³/mol. The van der Waals surface area contributed by atoms with Gasteiger partial charge < -0.3 is 14.5 Å². The van der Waals surface area contributed by atoms with Crippen LogP contribution in [0.25, 0.3) is 0 Å². The second-order valence-electron chi connectivity index (χ2n) is 7.53. The van der Waals surface area contributed by atoms with Gasteiger partial charge in [0.25, 0.3) is 0 Å². The van der Waals surface area contributed by atoms with Crippen molar-refractivity contribution in [3.05, 3.63) is 35.9 Å². The Bertz CT molecular complexity index is 807. The molecule has 1 atom stereocenters. The van der Waals surface area contributed by atoms with Crippen LogP contribution in [-0.4, -0.2) is 92.0 Å². The second-order valence-corrected chi connectivity index (χ2v) is 9.75. The number of nitrogens with zero attached hydrogens (tertiary/aromatic N) is 3. The van der Waals surface area contributed by atoms with Crippen LogP contribution in [0.4, 0.5) is 4.79 Å². The highest BCUT2D eigenvalue weighted by atomic mass is 32.2. The van der Waals surface area contributed by atoms with Crippen molar-refractivity contribution in [2.24, 2.45) is 0 Å². The first-order chi connectivity index (χ1) is 13.9. The Morgan fingerprint density at radius 1 is 1.14 bits per heavy atom. The lowest BCUT2D eigenvalue weighted by molar-refractivity contribution is -0.135. The van der Waals surface area contributed by atoms with Gasteiger partial charge in [0.2, 0.25) is 5.91 Å². The van der Waals surface area contributed by atoms with Crippen molar-refractivity contribution in [2.45, 2.75) is 25.9 Å². The van der Waals surface area contributed by atoms with Crippen LogP contribution in [0, 0.1) is 0 Å². The molecule has 2 amide bonds. The van der Waals surface area contributed by atoms with Crippen molar-refractivity contribution in [2.75, 3.05) is 50.8 Å². The van der Waals surface area contributed by atoms with Crippen molar-refractivity contribution in [1.29, 1.82) is 0 Å². The molecule has 0 aromatic heterocycles. The highest BCUT2D eigenvalue weighted by Gasteiger charge is 2.35. The highest BCUT2D eigenvalue weighted by molar-refractivity contribution is 7.91. The number of carbonyl (C=O) groups is 2. The number of carbonyl (C=O) groups excluding carboxylic acids is 2. The van der Waals surface area contributed by atoms with E-state index in [0.717, 1.165) is 5.56 Å². The summed E-state index contributed by atoms with van der Waals surface area (Å²) >= 11 is 0. The minimum absolute atomic E-state index is 0.0300. The predicted octanol–water partition coefficient (Wildman–Crippen LogP) is 0.976. The summed E-state index contributed by atoms with van der Waals surface area (Å²) in [7, 11) is -3.09. The molecule has 2 aliphatic heterocycles. The summed E-state index contributed by atoms with van der Waals surface area (Å²) < 4.78 is 29.0. The second kappa shape index (κ2) is 9.58. The van der Waals surface area contributed by atoms with Crippen LogP contribution in [0.5, 0.6) is 0 Å². The van der Waals surface area contributed by atoms with E-state index >= 15 is 0 Å². The first-order valence-electron chi connectivity index (χ1n) is 10.1. The Balaban J connectivity index is 1.62. The average molecular weight is 424 g/mol. The van der Waals surface area contributed by atoms with Gasteiger partial charge in [0.1, 0.15) is 0 Å². The summed E-state index contributed by atoms with van der Waals surface area (Å²) in [5.41, 5.74) is 0.984. The largest absolute Gasteiger partial charge is 0.450 e. The van der Waals surface area contributed by atoms with Crippen LogP contribution in [0.3, 0.4) is 0 Å². The number of amides is 2. The van der Waals surface area contributed by atoms with Gasteiger partial charge in [-0.25, -0.2) is 13.2 Å². The molecule has 2 saturated heterocycles. The Morgan fingerprint density at radius 2 is 1.83 bits per heavy atom. The van der Waals surface area contributed by atoms with Gasteiger partial charge in [-0.05, 0) is 18.9 Å². The Labute approximate surface area is 172 Å². The fourth-order valence-corrected chi connectivity index (χ4v) is 5.54. The number of benzene rings is 1. The van der Waals surface area contributed by atoms with Gasteiger partial charge in [0.15, 0.2) is 9.84 Å². The highest BCUT2D eigenvalue weighted by Crippen LogP contribution is 2.21. The first-order valence-corrected chi connectivity index (χ1v) is 11.9. The van der Waals surface area contributed by atoms with E-state index in [1.807, 2.05) is 35.2 Å². The summed E-state index contributed by atoms with van der Waals surface area (Å²) in [6.45, 7) is 4.96. The minimum atomic E-state index is -3.09. The van der Waals surface area contributed by atoms with Crippen LogP contribution < -0.4 is 0 Å². The molecule has 1 aromatic carbocycles. The molecule has 0 bridgehead atoms. The SMILES string of the molecule is CCOC(=O)N1CCN(CC(=O)N(Cc2ccccc2)[C@H]2CCS(=O)(=O)C2)CC1. The van der Waals surface area contributed by atoms with Crippen molar-refractivity contribution in [1.82, 2.24) is 14.7 Å². The first kappa shape index (κ1) is 21.6. The molecule has 160 valence electrons. The molecule has 3 rings (SSSR count). The Morgan fingerprint density at radius 3 is 2.41 bits per heavy atom. The topological polar surface area (TPSA) is 87.2 Å². The van der Waals surface area contributed by atoms with Crippen molar-refractivity contribution in [3.63, 3.8) is 0 Å². The van der Waals surface area contributed by atoms with Gasteiger partial charge in [-0.1, -0.05) is 30.3 Å². The van der Waals surface area contributed by atoms with Crippen LogP contribution in [0.1, 0.15) is 18.9 Å². The number of rotatable bonds is 6. The Hall–Kier alpha value is -2.13. The lowest BCUT2D eigenvalue weighted by Gasteiger charge is -2.36. The molecule has 0 unspecified atom stereocenters. The molecule has 2 aliphatic rings. The molecule has 2 fully saturated rings. The van der Waals surface area contributed by atoms with Crippen LogP contribution in [-0.2, 0) is 25.9 Å². The lowest BCUT2D eigenvalue weighted by Crippen LogP contribution is -2.52. The number of sulfone groups is 1. The van der Waals surface area contributed by atoms with E-state index in [1.54, 1.807) is 16.7 Å². The molecule has 1 aromatic rings. The third-order valence-corrected chi connectivity index (χ3v) is 7.17. The molecule has 2 heterocycles. The standard InChI is InChI=1S/C20H29N3O5S/c1-2-28-20(25)22-11-9-21(10-12-22)15-19(24)23(14-17-6-4-3-5-7-17)18-8-13-29(26,27)16-18/h3-7,18H,2,8-16H2,1H3/t18-/m0/s1. The average Bonchev–Trinajstić information content (AvgIpc) is 3.07. The quantitative estimate of drug-likeness (QED) is 0.678. The normalized spacial score (nSPS) is 21.7. The van der Waals surface area contributed by atoms with Gasteiger partial charge in [-0.15, -0.1) is 0 Å². The van der Waals surface area contributed by atoms with Crippen molar-refractivity contribution < 1.29 is 22.7 Å². The summed E-state index contributed by atoms with van der Waals surface area (Å²) in [5.74, 6) is 0.0944. The van der Waals surface area contributed by atoms with E-state index in [-0.39, 0.29) is 36.1 Å². The maximum absolute atomic E-state index is 13.1. The van der Waals surface area contributed by atoms with Crippen molar-refractivity contribution in [3.8, 4) is 0 Å². The molecule has 0 N–H and O–H groups in total. The van der Waals surface area contributed by atoms with E-state index in [4.69, 9.17) is 4.74 Å². The zero-order valence-corrected chi connectivity index (χ0v) is 17.6. The number of hydrogen-bond donors (Lipinski definition) is 0. The van der Waals surface area contributed by atoms with Gasteiger partial charge in [0.05, 0.1) is 24.7 Å². The molecule has 0 radical (unpaired) electrons. The van der Waals surface area contributed by atoms with Gasteiger partial charge in [0, 0.05) is 38.8 Å². The van der Waals surface area contributed by atoms with Gasteiger partial charge in [-0.2, -0.15) is 0 Å². The fraction of sp³-hybridized carbons (Fsp3) is 0.600. The summed E-state index contributed by atoms with van der Waals surface area (Å²) in [4.78, 5) is 30.3. The number of ether oxygens (including phenoxy) is 1.